The molecular weight excluding hydrogens is 316 g/mol. The Morgan fingerprint density at radius 1 is 1.08 bits per heavy atom. The Morgan fingerprint density at radius 3 is 2.60 bits per heavy atom. The van der Waals surface area contributed by atoms with Crippen LogP contribution in [-0.4, -0.2) is 23.3 Å². The van der Waals surface area contributed by atoms with Crippen LogP contribution in [0.25, 0.3) is 10.8 Å². The molecule has 1 amide bonds. The van der Waals surface area contributed by atoms with E-state index in [1.807, 2.05) is 42.5 Å². The summed E-state index contributed by atoms with van der Waals surface area (Å²) in [6.45, 7) is 1.65. The molecular formula is C20H18N2O3. The zero-order chi connectivity index (χ0) is 17.6. The maximum atomic E-state index is 12.1. The van der Waals surface area contributed by atoms with Crippen LogP contribution in [0, 0.1) is 0 Å². The minimum atomic E-state index is -0.706. The molecule has 2 N–H and O–H groups in total. The van der Waals surface area contributed by atoms with Gasteiger partial charge in [-0.2, -0.15) is 5.10 Å². The molecule has 0 radical (unpaired) electrons. The van der Waals surface area contributed by atoms with E-state index in [1.54, 1.807) is 31.2 Å². The van der Waals surface area contributed by atoms with Crippen molar-refractivity contribution in [3.05, 3.63) is 72.3 Å². The van der Waals surface area contributed by atoms with Gasteiger partial charge in [-0.25, -0.2) is 5.43 Å². The molecule has 0 spiro atoms. The molecule has 1 atom stereocenters. The van der Waals surface area contributed by atoms with E-state index in [0.29, 0.717) is 11.3 Å². The first kappa shape index (κ1) is 16.5. The van der Waals surface area contributed by atoms with E-state index in [4.69, 9.17) is 4.74 Å². The lowest BCUT2D eigenvalue weighted by atomic mass is 10.1. The Morgan fingerprint density at radius 2 is 1.80 bits per heavy atom. The number of phenolic OH excluding ortho intramolecular Hbond substituents is 1. The molecule has 0 bridgehead atoms. The van der Waals surface area contributed by atoms with Gasteiger partial charge in [0.05, 0.1) is 6.21 Å². The van der Waals surface area contributed by atoms with Crippen LogP contribution in [0.4, 0.5) is 0 Å². The minimum absolute atomic E-state index is 0.0981. The van der Waals surface area contributed by atoms with Crippen LogP contribution in [0.1, 0.15) is 12.5 Å². The summed E-state index contributed by atoms with van der Waals surface area (Å²) in [6, 6.07) is 20.3. The standard InChI is InChI=1S/C20H18N2O3/c1-14(20(24)22-21-13-17-8-4-5-9-19(17)23)25-18-11-10-15-6-2-3-7-16(15)12-18/h2-14,23H,1H3,(H,22,24)/b21-13+. The van der Waals surface area contributed by atoms with Gasteiger partial charge >= 0.3 is 0 Å². The Kier molecular flexibility index (Phi) is 4.95. The van der Waals surface area contributed by atoms with E-state index in [-0.39, 0.29) is 11.7 Å². The molecule has 0 aliphatic rings. The number of hydrogen-bond acceptors (Lipinski definition) is 4. The van der Waals surface area contributed by atoms with Crippen molar-refractivity contribution in [1.29, 1.82) is 0 Å². The maximum absolute atomic E-state index is 12.1. The normalized spacial score (nSPS) is 12.2. The summed E-state index contributed by atoms with van der Waals surface area (Å²) in [6.07, 6.45) is 0.679. The Bertz CT molecular complexity index is 921. The predicted octanol–water partition coefficient (Wildman–Crippen LogP) is 3.46. The summed E-state index contributed by atoms with van der Waals surface area (Å²) in [4.78, 5) is 12.1. The van der Waals surface area contributed by atoms with E-state index < -0.39 is 6.10 Å². The first-order valence-corrected chi connectivity index (χ1v) is 7.90. The average Bonchev–Trinajstić information content (AvgIpc) is 2.63. The van der Waals surface area contributed by atoms with Crippen molar-refractivity contribution in [2.24, 2.45) is 5.10 Å². The lowest BCUT2D eigenvalue weighted by Crippen LogP contribution is -2.33. The van der Waals surface area contributed by atoms with Gasteiger partial charge in [-0.15, -0.1) is 0 Å². The fraction of sp³-hybridized carbons (Fsp3) is 0.100. The monoisotopic (exact) mass is 334 g/mol. The number of hydrazone groups is 1. The molecule has 3 aromatic rings. The van der Waals surface area contributed by atoms with Gasteiger partial charge < -0.3 is 9.84 Å². The van der Waals surface area contributed by atoms with E-state index in [2.05, 4.69) is 10.5 Å². The molecule has 0 saturated heterocycles. The highest BCUT2D eigenvalue weighted by Gasteiger charge is 2.14. The van der Waals surface area contributed by atoms with Crippen molar-refractivity contribution in [2.45, 2.75) is 13.0 Å². The molecule has 5 nitrogen and oxygen atoms in total. The molecule has 5 heteroatoms. The van der Waals surface area contributed by atoms with Gasteiger partial charge in [0.2, 0.25) is 0 Å². The number of fused-ring (bicyclic) bond motifs is 1. The summed E-state index contributed by atoms with van der Waals surface area (Å²) in [5, 5.41) is 15.6. The van der Waals surface area contributed by atoms with E-state index >= 15 is 0 Å². The van der Waals surface area contributed by atoms with Gasteiger partial charge in [-0.05, 0) is 42.0 Å². The molecule has 0 aromatic heterocycles. The molecule has 0 aliphatic carbocycles. The van der Waals surface area contributed by atoms with Crippen molar-refractivity contribution in [1.82, 2.24) is 5.43 Å². The Balaban J connectivity index is 1.61. The van der Waals surface area contributed by atoms with Crippen LogP contribution < -0.4 is 10.2 Å². The van der Waals surface area contributed by atoms with Crippen molar-refractivity contribution in [2.75, 3.05) is 0 Å². The van der Waals surface area contributed by atoms with E-state index in [9.17, 15) is 9.90 Å². The van der Waals surface area contributed by atoms with Gasteiger partial charge in [0.25, 0.3) is 5.91 Å². The van der Waals surface area contributed by atoms with Crippen LogP contribution in [0.15, 0.2) is 71.8 Å². The lowest BCUT2D eigenvalue weighted by Gasteiger charge is -2.13. The van der Waals surface area contributed by atoms with Crippen molar-refractivity contribution < 1.29 is 14.6 Å². The second-order valence-electron chi connectivity index (χ2n) is 5.56. The molecule has 25 heavy (non-hydrogen) atoms. The fourth-order valence-corrected chi connectivity index (χ4v) is 2.35. The second-order valence-corrected chi connectivity index (χ2v) is 5.56. The number of hydrogen-bond donors (Lipinski definition) is 2. The highest BCUT2D eigenvalue weighted by Crippen LogP contribution is 2.21. The topological polar surface area (TPSA) is 70.9 Å². The number of benzene rings is 3. The molecule has 126 valence electrons. The Labute approximate surface area is 145 Å². The smallest absolute Gasteiger partial charge is 0.280 e. The molecule has 0 saturated carbocycles. The van der Waals surface area contributed by atoms with Gasteiger partial charge in [0.1, 0.15) is 11.5 Å². The van der Waals surface area contributed by atoms with Crippen LogP contribution in [-0.2, 0) is 4.79 Å². The molecule has 0 aliphatic heterocycles. The third-order valence-corrected chi connectivity index (χ3v) is 3.72. The summed E-state index contributed by atoms with van der Waals surface area (Å²) in [7, 11) is 0. The number of ether oxygens (including phenoxy) is 1. The number of nitrogens with zero attached hydrogens (tertiary/aromatic N) is 1. The number of nitrogens with one attached hydrogen (secondary N) is 1. The van der Waals surface area contributed by atoms with Gasteiger partial charge in [-0.3, -0.25) is 4.79 Å². The number of carbonyl (C=O) groups excluding carboxylic acids is 1. The largest absolute Gasteiger partial charge is 0.507 e. The third kappa shape index (κ3) is 4.14. The molecule has 0 heterocycles. The molecule has 3 rings (SSSR count). The van der Waals surface area contributed by atoms with Crippen LogP contribution >= 0.6 is 0 Å². The minimum Gasteiger partial charge on any atom is -0.507 e. The van der Waals surface area contributed by atoms with Gasteiger partial charge in [0.15, 0.2) is 6.10 Å². The fourth-order valence-electron chi connectivity index (χ4n) is 2.35. The summed E-state index contributed by atoms with van der Waals surface area (Å²) >= 11 is 0. The Hall–Kier alpha value is -3.34. The van der Waals surface area contributed by atoms with Crippen molar-refractivity contribution >= 4 is 22.9 Å². The highest BCUT2D eigenvalue weighted by molar-refractivity contribution is 5.86. The number of phenols is 1. The predicted molar refractivity (Wildman–Crippen MR) is 97.9 cm³/mol. The second kappa shape index (κ2) is 7.49. The number of rotatable bonds is 5. The number of aromatic hydroxyl groups is 1. The zero-order valence-electron chi connectivity index (χ0n) is 13.7. The van der Waals surface area contributed by atoms with Crippen LogP contribution in [0.3, 0.4) is 0 Å². The number of carbonyl (C=O) groups is 1. The average molecular weight is 334 g/mol. The molecule has 1 unspecified atom stereocenters. The van der Waals surface area contributed by atoms with E-state index in [0.717, 1.165) is 10.8 Å². The zero-order valence-corrected chi connectivity index (χ0v) is 13.7. The molecule has 3 aromatic carbocycles. The van der Waals surface area contributed by atoms with Crippen molar-refractivity contribution in [3.63, 3.8) is 0 Å². The lowest BCUT2D eigenvalue weighted by molar-refractivity contribution is -0.127. The number of amides is 1. The quantitative estimate of drug-likeness (QED) is 0.554. The maximum Gasteiger partial charge on any atom is 0.280 e. The summed E-state index contributed by atoms with van der Waals surface area (Å²) < 4.78 is 5.68. The van der Waals surface area contributed by atoms with Crippen LogP contribution in [0.5, 0.6) is 11.5 Å². The van der Waals surface area contributed by atoms with Crippen LogP contribution in [0.2, 0.25) is 0 Å². The van der Waals surface area contributed by atoms with E-state index in [1.165, 1.54) is 6.21 Å². The van der Waals surface area contributed by atoms with Gasteiger partial charge in [0, 0.05) is 5.56 Å². The first-order chi connectivity index (χ1) is 12.1. The summed E-state index contributed by atoms with van der Waals surface area (Å²) in [5.41, 5.74) is 2.93. The van der Waals surface area contributed by atoms with Gasteiger partial charge in [-0.1, -0.05) is 42.5 Å². The number of para-hydroxylation sites is 1. The van der Waals surface area contributed by atoms with Crippen molar-refractivity contribution in [3.8, 4) is 11.5 Å². The highest BCUT2D eigenvalue weighted by atomic mass is 16.5. The summed E-state index contributed by atoms with van der Waals surface area (Å²) in [5.74, 6) is 0.340. The molecule has 0 fully saturated rings. The first-order valence-electron chi connectivity index (χ1n) is 7.90. The third-order valence-electron chi connectivity index (χ3n) is 3.72. The SMILES string of the molecule is CC(Oc1ccc2ccccc2c1)C(=O)N/N=C/c1ccccc1O.